The summed E-state index contributed by atoms with van der Waals surface area (Å²) in [5.74, 6) is 0.268. The number of benzene rings is 2. The number of carbonyl (C=O) groups is 1. The minimum atomic E-state index is -0.334. The predicted molar refractivity (Wildman–Crippen MR) is 117 cm³/mol. The summed E-state index contributed by atoms with van der Waals surface area (Å²) in [5.41, 5.74) is 2.40. The predicted octanol–water partition coefficient (Wildman–Crippen LogP) is 3.03. The van der Waals surface area contributed by atoms with Gasteiger partial charge in [-0.05, 0) is 18.2 Å². The number of nitrogens with zero attached hydrogens (tertiary/aromatic N) is 4. The Hall–Kier alpha value is -3.10. The van der Waals surface area contributed by atoms with E-state index in [0.717, 1.165) is 21.3 Å². The number of halogens is 1. The van der Waals surface area contributed by atoms with Gasteiger partial charge in [0.05, 0.1) is 11.3 Å². The number of hydrogen-bond acceptors (Lipinski definition) is 5. The number of thiazole rings is 1. The van der Waals surface area contributed by atoms with E-state index in [9.17, 15) is 9.59 Å². The molecule has 0 spiro atoms. The number of hydrogen-bond donors (Lipinski definition) is 0. The van der Waals surface area contributed by atoms with E-state index < -0.39 is 0 Å². The maximum atomic E-state index is 13.1. The first-order valence-corrected chi connectivity index (χ1v) is 10.4. The number of para-hydroxylation sites is 1. The van der Waals surface area contributed by atoms with Crippen LogP contribution in [0.2, 0.25) is 0 Å². The third kappa shape index (κ3) is 2.75. The van der Waals surface area contributed by atoms with Crippen LogP contribution in [0.15, 0.2) is 70.5 Å². The van der Waals surface area contributed by atoms with Gasteiger partial charge in [-0.3, -0.25) is 9.59 Å². The van der Waals surface area contributed by atoms with Gasteiger partial charge in [0.2, 0.25) is 4.96 Å². The summed E-state index contributed by atoms with van der Waals surface area (Å²) in [7, 11) is 0. The van der Waals surface area contributed by atoms with Crippen molar-refractivity contribution in [3.05, 3.63) is 86.1 Å². The highest BCUT2D eigenvalue weighted by atomic mass is 79.9. The number of amides is 1. The van der Waals surface area contributed by atoms with Crippen molar-refractivity contribution in [2.24, 2.45) is 0 Å². The van der Waals surface area contributed by atoms with Crippen LogP contribution in [0.5, 0.6) is 0 Å². The van der Waals surface area contributed by atoms with Gasteiger partial charge >= 0.3 is 0 Å². The molecule has 0 saturated heterocycles. The highest BCUT2D eigenvalue weighted by Crippen LogP contribution is 2.35. The summed E-state index contributed by atoms with van der Waals surface area (Å²) in [6.07, 6.45) is 1.67. The molecule has 0 aliphatic carbocycles. The van der Waals surface area contributed by atoms with Gasteiger partial charge in [0.15, 0.2) is 5.82 Å². The normalized spacial score (nSPS) is 15.2. The summed E-state index contributed by atoms with van der Waals surface area (Å²) >= 11 is 4.58. The SMILES string of the molecule is C=CCN1C(=O)/C(=c2\sc3nc(-c4ccc(Br)cc4)nn3c2=O)c2ccccc21. The van der Waals surface area contributed by atoms with E-state index in [1.165, 1.54) is 15.9 Å². The van der Waals surface area contributed by atoms with Crippen LogP contribution in [0.1, 0.15) is 5.56 Å². The highest BCUT2D eigenvalue weighted by molar-refractivity contribution is 9.10. The Bertz CT molecular complexity index is 1400. The maximum Gasteiger partial charge on any atom is 0.291 e. The zero-order chi connectivity index (χ0) is 20.1. The Morgan fingerprint density at radius 2 is 1.86 bits per heavy atom. The molecule has 1 aliphatic rings. The van der Waals surface area contributed by atoms with Crippen molar-refractivity contribution in [1.29, 1.82) is 0 Å². The number of rotatable bonds is 3. The molecule has 4 aromatic rings. The van der Waals surface area contributed by atoms with Gasteiger partial charge < -0.3 is 4.90 Å². The van der Waals surface area contributed by atoms with Crippen molar-refractivity contribution in [2.75, 3.05) is 11.4 Å². The zero-order valence-corrected chi connectivity index (χ0v) is 17.4. The lowest BCUT2D eigenvalue weighted by Crippen LogP contribution is -2.32. The molecule has 0 bridgehead atoms. The fourth-order valence-electron chi connectivity index (χ4n) is 3.42. The fourth-order valence-corrected chi connectivity index (χ4v) is 4.68. The summed E-state index contributed by atoms with van der Waals surface area (Å²) in [6.45, 7) is 4.10. The number of fused-ring (bicyclic) bond motifs is 2. The Kier molecular flexibility index (Phi) is 4.18. The maximum absolute atomic E-state index is 13.1. The molecule has 8 heteroatoms. The molecule has 1 aliphatic heterocycles. The minimum absolute atomic E-state index is 0.208. The van der Waals surface area contributed by atoms with Crippen LogP contribution in [0.25, 0.3) is 21.9 Å². The molecule has 0 fully saturated rings. The first-order chi connectivity index (χ1) is 14.1. The molecule has 0 atom stereocenters. The van der Waals surface area contributed by atoms with Crippen molar-refractivity contribution in [3.8, 4) is 11.4 Å². The molecule has 0 saturated carbocycles. The Labute approximate surface area is 177 Å². The minimum Gasteiger partial charge on any atom is -0.304 e. The van der Waals surface area contributed by atoms with Crippen LogP contribution < -0.4 is 15.0 Å². The second-order valence-electron chi connectivity index (χ2n) is 6.47. The van der Waals surface area contributed by atoms with Gasteiger partial charge in [0, 0.05) is 22.1 Å². The standard InChI is InChI=1S/C21H13BrN4O2S/c1-2-11-25-15-6-4-3-5-14(15)16(19(25)27)17-20(28)26-21(29-17)23-18(24-26)12-7-9-13(22)10-8-12/h2-10H,1,11H2/b17-16-. The van der Waals surface area contributed by atoms with Crippen molar-refractivity contribution in [1.82, 2.24) is 14.6 Å². The van der Waals surface area contributed by atoms with Crippen LogP contribution in [-0.2, 0) is 4.79 Å². The Morgan fingerprint density at radius 3 is 2.59 bits per heavy atom. The molecule has 3 heterocycles. The van der Waals surface area contributed by atoms with Gasteiger partial charge in [-0.25, -0.2) is 0 Å². The molecule has 142 valence electrons. The van der Waals surface area contributed by atoms with Crippen LogP contribution in [0, 0.1) is 0 Å². The Morgan fingerprint density at radius 1 is 1.10 bits per heavy atom. The second kappa shape index (κ2) is 6.75. The van der Waals surface area contributed by atoms with Crippen LogP contribution in [0.3, 0.4) is 0 Å². The number of carbonyl (C=O) groups excluding carboxylic acids is 1. The van der Waals surface area contributed by atoms with E-state index in [-0.39, 0.29) is 11.5 Å². The summed E-state index contributed by atoms with van der Waals surface area (Å²) in [6, 6.07) is 15.0. The fraction of sp³-hybridized carbons (Fsp3) is 0.0476. The third-order valence-corrected chi connectivity index (χ3v) is 6.28. The van der Waals surface area contributed by atoms with E-state index in [4.69, 9.17) is 0 Å². The van der Waals surface area contributed by atoms with E-state index >= 15 is 0 Å². The molecule has 0 N–H and O–H groups in total. The first kappa shape index (κ1) is 18.0. The van der Waals surface area contributed by atoms with Crippen molar-refractivity contribution >= 4 is 49.4 Å². The topological polar surface area (TPSA) is 67.6 Å². The molecule has 6 nitrogen and oxygen atoms in total. The molecular weight excluding hydrogens is 452 g/mol. The van der Waals surface area contributed by atoms with E-state index in [1.54, 1.807) is 11.0 Å². The largest absolute Gasteiger partial charge is 0.304 e. The summed E-state index contributed by atoms with van der Waals surface area (Å²) < 4.78 is 2.58. The lowest BCUT2D eigenvalue weighted by atomic mass is 10.1. The summed E-state index contributed by atoms with van der Waals surface area (Å²) in [4.78, 5) is 32.8. The van der Waals surface area contributed by atoms with Gasteiger partial charge in [-0.15, -0.1) is 11.7 Å². The molecule has 2 aromatic carbocycles. The average molecular weight is 465 g/mol. The van der Waals surface area contributed by atoms with Crippen molar-refractivity contribution < 1.29 is 4.79 Å². The number of aromatic nitrogens is 3. The monoisotopic (exact) mass is 464 g/mol. The van der Waals surface area contributed by atoms with E-state index in [0.29, 0.717) is 27.4 Å². The summed E-state index contributed by atoms with van der Waals surface area (Å²) in [5, 5.41) is 4.37. The van der Waals surface area contributed by atoms with Crippen LogP contribution >= 0.6 is 27.3 Å². The highest BCUT2D eigenvalue weighted by Gasteiger charge is 2.33. The molecule has 1 amide bonds. The van der Waals surface area contributed by atoms with Crippen molar-refractivity contribution in [3.63, 3.8) is 0 Å². The molecule has 2 aromatic heterocycles. The van der Waals surface area contributed by atoms with Gasteiger partial charge in [-0.1, -0.05) is 63.7 Å². The lowest BCUT2D eigenvalue weighted by molar-refractivity contribution is -0.112. The molecule has 29 heavy (non-hydrogen) atoms. The molecule has 0 radical (unpaired) electrons. The van der Waals surface area contributed by atoms with E-state index in [1.807, 2.05) is 48.5 Å². The molecule has 5 rings (SSSR count). The van der Waals surface area contributed by atoms with Gasteiger partial charge in [0.1, 0.15) is 4.53 Å². The van der Waals surface area contributed by atoms with Gasteiger partial charge in [0.25, 0.3) is 11.5 Å². The third-order valence-electron chi connectivity index (χ3n) is 4.72. The zero-order valence-electron chi connectivity index (χ0n) is 15.0. The van der Waals surface area contributed by atoms with Crippen molar-refractivity contribution in [2.45, 2.75) is 0 Å². The smallest absolute Gasteiger partial charge is 0.291 e. The first-order valence-electron chi connectivity index (χ1n) is 8.80. The second-order valence-corrected chi connectivity index (χ2v) is 8.36. The molecular formula is C21H13BrN4O2S. The number of anilines is 1. The molecule has 0 unspecified atom stereocenters. The lowest BCUT2D eigenvalue weighted by Gasteiger charge is -2.13. The average Bonchev–Trinajstić information content (AvgIpc) is 3.35. The van der Waals surface area contributed by atoms with Crippen LogP contribution in [0.4, 0.5) is 5.69 Å². The van der Waals surface area contributed by atoms with E-state index in [2.05, 4.69) is 32.6 Å². The quantitative estimate of drug-likeness (QED) is 0.437. The van der Waals surface area contributed by atoms with Crippen LogP contribution in [-0.4, -0.2) is 27.0 Å². The Balaban J connectivity index is 1.72. The van der Waals surface area contributed by atoms with Gasteiger partial charge in [-0.2, -0.15) is 9.50 Å².